The lowest BCUT2D eigenvalue weighted by molar-refractivity contribution is 0.259. The van der Waals surface area contributed by atoms with Gasteiger partial charge in [-0.25, -0.2) is 0 Å². The van der Waals surface area contributed by atoms with E-state index in [2.05, 4.69) is 76.4 Å². The number of aryl methyl sites for hydroxylation is 1. The van der Waals surface area contributed by atoms with E-state index in [0.29, 0.717) is 12.6 Å². The predicted molar refractivity (Wildman–Crippen MR) is 112 cm³/mol. The molecule has 4 heteroatoms. The fraction of sp³-hybridized carbons (Fsp3) is 0.455. The minimum atomic E-state index is 0.600. The highest BCUT2D eigenvalue weighted by Gasteiger charge is 2.22. The van der Waals surface area contributed by atoms with E-state index < -0.39 is 0 Å². The molecule has 0 spiro atoms. The number of likely N-dealkylation sites (tertiary alicyclic amines) is 1. The minimum absolute atomic E-state index is 0.600. The van der Waals surface area contributed by atoms with Crippen molar-refractivity contribution in [3.8, 4) is 5.75 Å². The van der Waals surface area contributed by atoms with Crippen LogP contribution in [0.15, 0.2) is 46.9 Å². The molecule has 0 bridgehead atoms. The molecule has 2 aromatic carbocycles. The van der Waals surface area contributed by atoms with Crippen LogP contribution in [0.1, 0.15) is 36.5 Å². The summed E-state index contributed by atoms with van der Waals surface area (Å²) in [6, 6.07) is 15.4. The van der Waals surface area contributed by atoms with E-state index in [-0.39, 0.29) is 0 Å². The standard InChI is InChI=1S/C22H29BrN2O/c1-3-25-11-5-8-21(25)15-24-14-19-13-20(23)9-10-22(19)26-16-18-7-4-6-17(2)12-18/h4,6-7,9-10,12-13,21,24H,3,5,8,11,14-16H2,1-2H3/t21-/m0/s1. The summed E-state index contributed by atoms with van der Waals surface area (Å²) in [6.07, 6.45) is 2.62. The van der Waals surface area contributed by atoms with Gasteiger partial charge >= 0.3 is 0 Å². The Morgan fingerprint density at radius 1 is 1.23 bits per heavy atom. The molecule has 1 aliphatic rings. The lowest BCUT2D eigenvalue weighted by atomic mass is 10.1. The monoisotopic (exact) mass is 416 g/mol. The Balaban J connectivity index is 1.58. The number of hydrogen-bond acceptors (Lipinski definition) is 3. The first-order chi connectivity index (χ1) is 12.7. The van der Waals surface area contributed by atoms with Crippen molar-refractivity contribution >= 4 is 15.9 Å². The Morgan fingerprint density at radius 3 is 2.92 bits per heavy atom. The van der Waals surface area contributed by atoms with E-state index in [9.17, 15) is 0 Å². The van der Waals surface area contributed by atoms with Crippen LogP contribution < -0.4 is 10.1 Å². The van der Waals surface area contributed by atoms with Gasteiger partial charge in [-0.05, 0) is 56.6 Å². The van der Waals surface area contributed by atoms with Crippen LogP contribution >= 0.6 is 15.9 Å². The molecule has 0 unspecified atom stereocenters. The second-order valence-electron chi connectivity index (χ2n) is 7.09. The molecule has 0 aliphatic carbocycles. The molecule has 1 heterocycles. The van der Waals surface area contributed by atoms with Crippen LogP contribution in [0.3, 0.4) is 0 Å². The molecule has 3 rings (SSSR count). The number of rotatable bonds is 8. The molecule has 1 fully saturated rings. The Hall–Kier alpha value is -1.36. The molecule has 26 heavy (non-hydrogen) atoms. The van der Waals surface area contributed by atoms with Crippen LogP contribution in [0.4, 0.5) is 0 Å². The van der Waals surface area contributed by atoms with E-state index in [1.807, 2.05) is 6.07 Å². The van der Waals surface area contributed by atoms with E-state index in [0.717, 1.165) is 29.9 Å². The van der Waals surface area contributed by atoms with Crippen LogP contribution in [0, 0.1) is 6.92 Å². The number of hydrogen-bond donors (Lipinski definition) is 1. The van der Waals surface area contributed by atoms with E-state index >= 15 is 0 Å². The maximum atomic E-state index is 6.13. The highest BCUT2D eigenvalue weighted by molar-refractivity contribution is 9.10. The Kier molecular flexibility index (Phi) is 7.12. The summed E-state index contributed by atoms with van der Waals surface area (Å²) in [7, 11) is 0. The zero-order valence-electron chi connectivity index (χ0n) is 15.8. The average molecular weight is 417 g/mol. The first-order valence-corrected chi connectivity index (χ1v) is 10.4. The van der Waals surface area contributed by atoms with Crippen LogP contribution in [0.5, 0.6) is 5.75 Å². The lowest BCUT2D eigenvalue weighted by Crippen LogP contribution is -2.37. The van der Waals surface area contributed by atoms with Crippen LogP contribution in [0.2, 0.25) is 0 Å². The van der Waals surface area contributed by atoms with Crippen molar-refractivity contribution in [3.05, 3.63) is 63.6 Å². The fourth-order valence-corrected chi connectivity index (χ4v) is 4.11. The molecule has 0 saturated carbocycles. The third-order valence-electron chi connectivity index (χ3n) is 5.10. The third kappa shape index (κ3) is 5.32. The van der Waals surface area contributed by atoms with E-state index in [4.69, 9.17) is 4.74 Å². The Labute approximate surface area is 165 Å². The molecular weight excluding hydrogens is 388 g/mol. The van der Waals surface area contributed by atoms with Crippen molar-refractivity contribution in [1.82, 2.24) is 10.2 Å². The van der Waals surface area contributed by atoms with Crippen molar-refractivity contribution in [1.29, 1.82) is 0 Å². The molecule has 1 N–H and O–H groups in total. The predicted octanol–water partition coefficient (Wildman–Crippen LogP) is 4.91. The molecule has 3 nitrogen and oxygen atoms in total. The Bertz CT molecular complexity index is 719. The molecule has 140 valence electrons. The number of nitrogens with zero attached hydrogens (tertiary/aromatic N) is 1. The number of nitrogens with one attached hydrogen (secondary N) is 1. The van der Waals surface area contributed by atoms with Crippen LogP contribution in [-0.4, -0.2) is 30.6 Å². The first-order valence-electron chi connectivity index (χ1n) is 9.57. The van der Waals surface area contributed by atoms with Gasteiger partial charge in [0.15, 0.2) is 0 Å². The molecular formula is C22H29BrN2O. The van der Waals surface area contributed by atoms with Gasteiger partial charge in [-0.1, -0.05) is 52.7 Å². The van der Waals surface area contributed by atoms with Gasteiger partial charge in [0.25, 0.3) is 0 Å². The van der Waals surface area contributed by atoms with Gasteiger partial charge in [-0.2, -0.15) is 0 Å². The van der Waals surface area contributed by atoms with Gasteiger partial charge in [-0.15, -0.1) is 0 Å². The van der Waals surface area contributed by atoms with Gasteiger partial charge < -0.3 is 10.1 Å². The smallest absolute Gasteiger partial charge is 0.124 e. The minimum Gasteiger partial charge on any atom is -0.489 e. The third-order valence-corrected chi connectivity index (χ3v) is 5.59. The van der Waals surface area contributed by atoms with Gasteiger partial charge in [0.1, 0.15) is 12.4 Å². The second-order valence-corrected chi connectivity index (χ2v) is 8.00. The molecule has 0 radical (unpaired) electrons. The fourth-order valence-electron chi connectivity index (χ4n) is 3.71. The molecule has 0 aromatic heterocycles. The van der Waals surface area contributed by atoms with Gasteiger partial charge in [-0.3, -0.25) is 4.90 Å². The van der Waals surface area contributed by atoms with E-state index in [1.54, 1.807) is 0 Å². The molecule has 0 amide bonds. The lowest BCUT2D eigenvalue weighted by Gasteiger charge is -2.23. The highest BCUT2D eigenvalue weighted by Crippen LogP contribution is 2.24. The van der Waals surface area contributed by atoms with Gasteiger partial charge in [0.05, 0.1) is 0 Å². The summed E-state index contributed by atoms with van der Waals surface area (Å²) in [5, 5.41) is 3.64. The summed E-state index contributed by atoms with van der Waals surface area (Å²) < 4.78 is 7.22. The number of halogens is 1. The maximum absolute atomic E-state index is 6.13. The van der Waals surface area contributed by atoms with Crippen molar-refractivity contribution in [2.24, 2.45) is 0 Å². The zero-order valence-corrected chi connectivity index (χ0v) is 17.4. The van der Waals surface area contributed by atoms with Crippen LogP contribution in [0.25, 0.3) is 0 Å². The number of benzene rings is 2. The largest absolute Gasteiger partial charge is 0.489 e. The van der Waals surface area contributed by atoms with Crippen molar-refractivity contribution in [2.45, 2.75) is 45.9 Å². The van der Waals surface area contributed by atoms with Gasteiger partial charge in [0, 0.05) is 29.2 Å². The maximum Gasteiger partial charge on any atom is 0.124 e. The Morgan fingerprint density at radius 2 is 2.12 bits per heavy atom. The zero-order chi connectivity index (χ0) is 18.4. The molecule has 2 aromatic rings. The summed E-state index contributed by atoms with van der Waals surface area (Å²) in [5.74, 6) is 0.959. The summed E-state index contributed by atoms with van der Waals surface area (Å²) in [4.78, 5) is 2.57. The van der Waals surface area contributed by atoms with Crippen LogP contribution in [-0.2, 0) is 13.2 Å². The van der Waals surface area contributed by atoms with E-state index in [1.165, 1.54) is 36.1 Å². The second kappa shape index (κ2) is 9.54. The van der Waals surface area contributed by atoms with Gasteiger partial charge in [0.2, 0.25) is 0 Å². The number of likely N-dealkylation sites (N-methyl/N-ethyl adjacent to an activating group) is 1. The normalized spacial score (nSPS) is 17.6. The quantitative estimate of drug-likeness (QED) is 0.661. The molecule has 1 saturated heterocycles. The molecule has 1 aliphatic heterocycles. The van der Waals surface area contributed by atoms with Crippen molar-refractivity contribution in [3.63, 3.8) is 0 Å². The van der Waals surface area contributed by atoms with Crippen molar-refractivity contribution < 1.29 is 4.74 Å². The summed E-state index contributed by atoms with van der Waals surface area (Å²) in [5.41, 5.74) is 3.67. The topological polar surface area (TPSA) is 24.5 Å². The first kappa shape index (κ1) is 19.4. The molecule has 1 atom stereocenters. The highest BCUT2D eigenvalue weighted by atomic mass is 79.9. The van der Waals surface area contributed by atoms with Crippen molar-refractivity contribution in [2.75, 3.05) is 19.6 Å². The average Bonchev–Trinajstić information content (AvgIpc) is 3.08. The SMILES string of the molecule is CCN1CCC[C@H]1CNCc1cc(Br)ccc1OCc1cccc(C)c1. The summed E-state index contributed by atoms with van der Waals surface area (Å²) >= 11 is 3.59. The number of ether oxygens (including phenoxy) is 1. The summed E-state index contributed by atoms with van der Waals surface area (Å²) in [6.45, 7) is 9.22.